The van der Waals surface area contributed by atoms with Crippen LogP contribution in [0.25, 0.3) is 0 Å². The molecule has 1 saturated heterocycles. The first-order valence-corrected chi connectivity index (χ1v) is 7.25. The molecule has 8 nitrogen and oxygen atoms in total. The third-order valence-corrected chi connectivity index (χ3v) is 3.76. The van der Waals surface area contributed by atoms with Crippen molar-refractivity contribution in [3.05, 3.63) is 41.7 Å². The fraction of sp³-hybridized carbons (Fsp3) is 0.357. The number of aryl methyl sites for hydroxylation is 1. The third kappa shape index (κ3) is 2.42. The Hall–Kier alpha value is -2.45. The number of aromatic nitrogens is 1. The average molecular weight is 299 g/mol. The molecular weight excluding hydrogens is 282 g/mol. The second-order valence-electron chi connectivity index (χ2n) is 5.31. The van der Waals surface area contributed by atoms with E-state index < -0.39 is 0 Å². The maximum Gasteiger partial charge on any atom is 0.189 e. The summed E-state index contributed by atoms with van der Waals surface area (Å²) in [7, 11) is 0. The maximum absolute atomic E-state index is 5.88. The number of nitrogens with one attached hydrogen (secondary N) is 2. The molecule has 0 bridgehead atoms. The molecule has 0 aliphatic carbocycles. The Labute approximate surface area is 128 Å². The van der Waals surface area contributed by atoms with Crippen LogP contribution in [0.4, 0.5) is 0 Å². The molecule has 4 heterocycles. The van der Waals surface area contributed by atoms with Crippen molar-refractivity contribution in [1.82, 2.24) is 26.1 Å². The van der Waals surface area contributed by atoms with Gasteiger partial charge in [0.25, 0.3) is 0 Å². The number of hydrogen-bond donors (Lipinski definition) is 2. The normalized spacial score (nSPS) is 23.8. The van der Waals surface area contributed by atoms with E-state index in [0.717, 1.165) is 36.1 Å². The van der Waals surface area contributed by atoms with Crippen LogP contribution in [0.3, 0.4) is 0 Å². The maximum atomic E-state index is 5.88. The molecule has 4 rings (SSSR count). The molecule has 0 aromatic carbocycles. The van der Waals surface area contributed by atoms with Gasteiger partial charge in [-0.3, -0.25) is 4.98 Å². The van der Waals surface area contributed by atoms with E-state index in [2.05, 4.69) is 31.2 Å². The summed E-state index contributed by atoms with van der Waals surface area (Å²) in [4.78, 5) is 6.77. The first kappa shape index (κ1) is 13.2. The highest BCUT2D eigenvalue weighted by Gasteiger charge is 2.27. The summed E-state index contributed by atoms with van der Waals surface area (Å²) in [6.07, 6.45) is 3.85. The highest BCUT2D eigenvalue weighted by atomic mass is 16.5. The fourth-order valence-corrected chi connectivity index (χ4v) is 2.65. The topological polar surface area (TPSA) is 77.4 Å². The second kappa shape index (κ2) is 5.39. The summed E-state index contributed by atoms with van der Waals surface area (Å²) in [6.45, 7) is 4.18. The molecule has 22 heavy (non-hydrogen) atoms. The van der Waals surface area contributed by atoms with Crippen LogP contribution >= 0.6 is 0 Å². The smallest absolute Gasteiger partial charge is 0.189 e. The number of amidine groups is 2. The molecule has 3 aliphatic rings. The van der Waals surface area contributed by atoms with Gasteiger partial charge < -0.3 is 9.64 Å². The lowest BCUT2D eigenvalue weighted by Crippen LogP contribution is -2.46. The molecular formula is C14H17N7O. The standard InChI is InChI=1S/C14H17N7O/c1-10-3-2-4-11(15-10)12-9-20(7-8-22-12)14-6-5-13-16-18-19-21(13)17-14/h2-6,12,18-19H,7-9H2,1H3. The van der Waals surface area contributed by atoms with Crippen LogP contribution in [-0.4, -0.2) is 46.4 Å². The minimum atomic E-state index is -0.0375. The molecule has 1 unspecified atom stereocenters. The van der Waals surface area contributed by atoms with Gasteiger partial charge in [-0.15, -0.1) is 15.7 Å². The lowest BCUT2D eigenvalue weighted by molar-refractivity contribution is -0.00952. The summed E-state index contributed by atoms with van der Waals surface area (Å²) >= 11 is 0. The molecule has 1 aromatic rings. The molecule has 1 fully saturated rings. The predicted octanol–water partition coefficient (Wildman–Crippen LogP) is 0.285. The minimum Gasteiger partial charge on any atom is -0.368 e. The number of morpholine rings is 1. The van der Waals surface area contributed by atoms with Crippen molar-refractivity contribution in [2.24, 2.45) is 10.2 Å². The van der Waals surface area contributed by atoms with Crippen LogP contribution in [-0.2, 0) is 4.74 Å². The van der Waals surface area contributed by atoms with Gasteiger partial charge in [-0.2, -0.15) is 5.12 Å². The first-order valence-electron chi connectivity index (χ1n) is 7.25. The number of hydrazone groups is 2. The van der Waals surface area contributed by atoms with E-state index in [9.17, 15) is 0 Å². The van der Waals surface area contributed by atoms with E-state index in [1.807, 2.05) is 37.3 Å². The number of hydrogen-bond acceptors (Lipinski definition) is 8. The van der Waals surface area contributed by atoms with E-state index in [0.29, 0.717) is 6.61 Å². The van der Waals surface area contributed by atoms with Gasteiger partial charge in [0, 0.05) is 12.2 Å². The van der Waals surface area contributed by atoms with Crippen LogP contribution < -0.4 is 11.1 Å². The van der Waals surface area contributed by atoms with Gasteiger partial charge in [0.1, 0.15) is 6.10 Å². The predicted molar refractivity (Wildman–Crippen MR) is 81.4 cm³/mol. The summed E-state index contributed by atoms with van der Waals surface area (Å²) in [5, 5.41) is 10.2. The van der Waals surface area contributed by atoms with Crippen molar-refractivity contribution in [3.8, 4) is 0 Å². The van der Waals surface area contributed by atoms with E-state index >= 15 is 0 Å². The lowest BCUT2D eigenvalue weighted by atomic mass is 10.1. The molecule has 8 heteroatoms. The van der Waals surface area contributed by atoms with Crippen molar-refractivity contribution in [1.29, 1.82) is 0 Å². The SMILES string of the molecule is Cc1cccc(C2CN(C3=NN4NNN=C4C=C3)CCO2)n1. The zero-order valence-corrected chi connectivity index (χ0v) is 12.2. The Morgan fingerprint density at radius 2 is 2.18 bits per heavy atom. The number of fused-ring (bicyclic) bond motifs is 1. The quantitative estimate of drug-likeness (QED) is 0.776. The highest BCUT2D eigenvalue weighted by molar-refractivity contribution is 6.05. The van der Waals surface area contributed by atoms with Crippen LogP contribution in [0, 0.1) is 6.92 Å². The number of nitrogens with zero attached hydrogens (tertiary/aromatic N) is 5. The van der Waals surface area contributed by atoms with Crippen molar-refractivity contribution in [2.75, 3.05) is 19.7 Å². The molecule has 0 saturated carbocycles. The molecule has 3 aliphatic heterocycles. The van der Waals surface area contributed by atoms with Crippen LogP contribution in [0.2, 0.25) is 0 Å². The monoisotopic (exact) mass is 299 g/mol. The van der Waals surface area contributed by atoms with Crippen molar-refractivity contribution < 1.29 is 4.74 Å². The van der Waals surface area contributed by atoms with E-state index in [4.69, 9.17) is 4.74 Å². The third-order valence-electron chi connectivity index (χ3n) is 3.76. The second-order valence-corrected chi connectivity index (χ2v) is 5.31. The molecule has 0 amide bonds. The van der Waals surface area contributed by atoms with E-state index in [1.165, 1.54) is 0 Å². The van der Waals surface area contributed by atoms with Gasteiger partial charge in [-0.05, 0) is 31.2 Å². The van der Waals surface area contributed by atoms with Gasteiger partial charge in [-0.1, -0.05) is 6.07 Å². The molecule has 0 radical (unpaired) electrons. The Kier molecular flexibility index (Phi) is 3.24. The van der Waals surface area contributed by atoms with Crippen LogP contribution in [0.5, 0.6) is 0 Å². The number of pyridine rings is 1. The fourth-order valence-electron chi connectivity index (χ4n) is 2.65. The number of hydrazine groups is 2. The van der Waals surface area contributed by atoms with Gasteiger partial charge in [0.2, 0.25) is 0 Å². The van der Waals surface area contributed by atoms with Gasteiger partial charge in [0.05, 0.1) is 18.8 Å². The Balaban J connectivity index is 1.52. The minimum absolute atomic E-state index is 0.0375. The van der Waals surface area contributed by atoms with E-state index in [-0.39, 0.29) is 6.10 Å². The van der Waals surface area contributed by atoms with E-state index in [1.54, 1.807) is 5.12 Å². The average Bonchev–Trinajstić information content (AvgIpc) is 3.02. The molecule has 2 N–H and O–H groups in total. The van der Waals surface area contributed by atoms with Crippen LogP contribution in [0.1, 0.15) is 17.5 Å². The van der Waals surface area contributed by atoms with Crippen molar-refractivity contribution in [2.45, 2.75) is 13.0 Å². The Bertz CT molecular complexity index is 669. The molecule has 0 spiro atoms. The van der Waals surface area contributed by atoms with Crippen molar-refractivity contribution in [3.63, 3.8) is 0 Å². The number of ether oxygens (including phenoxy) is 1. The summed E-state index contributed by atoms with van der Waals surface area (Å²) in [5.41, 5.74) is 7.50. The Morgan fingerprint density at radius 1 is 1.27 bits per heavy atom. The molecule has 1 aromatic heterocycles. The van der Waals surface area contributed by atoms with Gasteiger partial charge >= 0.3 is 0 Å². The molecule has 114 valence electrons. The first-order chi connectivity index (χ1) is 10.8. The van der Waals surface area contributed by atoms with Gasteiger partial charge in [-0.25, -0.2) is 5.53 Å². The largest absolute Gasteiger partial charge is 0.368 e. The Morgan fingerprint density at radius 3 is 3.09 bits per heavy atom. The summed E-state index contributed by atoms with van der Waals surface area (Å²) in [6, 6.07) is 6.02. The zero-order chi connectivity index (χ0) is 14.9. The summed E-state index contributed by atoms with van der Waals surface area (Å²) < 4.78 is 5.88. The molecule has 1 atom stereocenters. The summed E-state index contributed by atoms with van der Waals surface area (Å²) in [5.74, 6) is 1.63. The van der Waals surface area contributed by atoms with Gasteiger partial charge in [0.15, 0.2) is 11.7 Å². The van der Waals surface area contributed by atoms with Crippen LogP contribution in [0.15, 0.2) is 40.6 Å². The van der Waals surface area contributed by atoms with Crippen molar-refractivity contribution >= 4 is 11.7 Å². The zero-order valence-electron chi connectivity index (χ0n) is 12.2. The highest BCUT2D eigenvalue weighted by Crippen LogP contribution is 2.22. The number of rotatable bonds is 1. The lowest BCUT2D eigenvalue weighted by Gasteiger charge is -2.35.